The van der Waals surface area contributed by atoms with Gasteiger partial charge in [0, 0.05) is 36.8 Å². The number of carbonyl (C=O) groups excluding carboxylic acids is 1. The highest BCUT2D eigenvalue weighted by Crippen LogP contribution is 2.46. The Hall–Kier alpha value is -3.88. The number of Topliss-reactive ketones (excluding diaryl/α,β-unsaturated/α-hetero) is 1. The Balaban J connectivity index is 1.22. The third kappa shape index (κ3) is 4.53. The minimum atomic E-state index is -0.0434. The summed E-state index contributed by atoms with van der Waals surface area (Å²) in [5, 5.41) is 11.4. The Bertz CT molecular complexity index is 1420. The van der Waals surface area contributed by atoms with Gasteiger partial charge in [-0.3, -0.25) is 9.48 Å². The number of hydrogen-bond acceptors (Lipinski definition) is 8. The van der Waals surface area contributed by atoms with E-state index in [0.29, 0.717) is 18.3 Å². The van der Waals surface area contributed by atoms with Crippen molar-refractivity contribution in [1.29, 1.82) is 0 Å². The van der Waals surface area contributed by atoms with Crippen LogP contribution >= 0.6 is 0 Å². The van der Waals surface area contributed by atoms with Crippen molar-refractivity contribution < 1.29 is 9.32 Å². The van der Waals surface area contributed by atoms with Crippen molar-refractivity contribution in [3.05, 3.63) is 65.7 Å². The van der Waals surface area contributed by atoms with Crippen molar-refractivity contribution in [3.8, 4) is 11.3 Å². The Morgan fingerprint density at radius 1 is 1.22 bits per heavy atom. The molecule has 1 aromatic carbocycles. The van der Waals surface area contributed by atoms with Crippen LogP contribution in [0.2, 0.25) is 0 Å². The number of benzene rings is 1. The largest absolute Gasteiger partial charge is 0.338 e. The molecular weight excluding hydrogens is 454 g/mol. The first-order chi connectivity index (χ1) is 17.5. The molecule has 184 valence electrons. The molecule has 1 N–H and O–H groups in total. The summed E-state index contributed by atoms with van der Waals surface area (Å²) in [6.07, 6.45) is 12.0. The van der Waals surface area contributed by atoms with Gasteiger partial charge in [-0.2, -0.15) is 10.1 Å². The quantitative estimate of drug-likeness (QED) is 0.284. The molecule has 3 heterocycles. The van der Waals surface area contributed by atoms with Crippen LogP contribution in [0.1, 0.15) is 79.0 Å². The number of rotatable bonds is 7. The van der Waals surface area contributed by atoms with Gasteiger partial charge >= 0.3 is 0 Å². The number of anilines is 2. The molecule has 4 aromatic rings. The van der Waals surface area contributed by atoms with Gasteiger partial charge in [0.2, 0.25) is 23.4 Å². The number of aromatic nitrogens is 6. The number of hydrogen-bond donors (Lipinski definition) is 1. The lowest BCUT2D eigenvalue weighted by atomic mass is 9.87. The summed E-state index contributed by atoms with van der Waals surface area (Å²) >= 11 is 0. The average molecular weight is 484 g/mol. The maximum absolute atomic E-state index is 13.1. The van der Waals surface area contributed by atoms with E-state index in [1.54, 1.807) is 17.1 Å². The fourth-order valence-corrected chi connectivity index (χ4v) is 4.95. The van der Waals surface area contributed by atoms with Crippen LogP contribution in [0.3, 0.4) is 0 Å². The number of nitrogens with zero attached hydrogens (tertiary/aromatic N) is 6. The van der Waals surface area contributed by atoms with E-state index in [0.717, 1.165) is 55.5 Å². The van der Waals surface area contributed by atoms with Crippen LogP contribution in [0.25, 0.3) is 11.3 Å². The van der Waals surface area contributed by atoms with E-state index in [1.807, 2.05) is 19.3 Å². The molecule has 3 aromatic heterocycles. The molecule has 0 amide bonds. The number of carbonyl (C=O) groups is 1. The van der Waals surface area contributed by atoms with Crippen LogP contribution in [0.5, 0.6) is 0 Å². The third-order valence-corrected chi connectivity index (χ3v) is 7.37. The summed E-state index contributed by atoms with van der Waals surface area (Å²) < 4.78 is 7.13. The van der Waals surface area contributed by atoms with Crippen LogP contribution < -0.4 is 5.32 Å². The summed E-state index contributed by atoms with van der Waals surface area (Å²) in [7, 11) is 1.87. The Morgan fingerprint density at radius 2 is 2.11 bits per heavy atom. The maximum atomic E-state index is 13.1. The fraction of sp³-hybridized carbons (Fsp3) is 0.407. The fourth-order valence-electron chi connectivity index (χ4n) is 4.95. The molecule has 1 atom stereocenters. The summed E-state index contributed by atoms with van der Waals surface area (Å²) in [5.41, 5.74) is 5.21. The first-order valence-electron chi connectivity index (χ1n) is 12.6. The molecule has 9 nitrogen and oxygen atoms in total. The zero-order chi connectivity index (χ0) is 24.7. The molecule has 36 heavy (non-hydrogen) atoms. The zero-order valence-corrected chi connectivity index (χ0v) is 20.6. The summed E-state index contributed by atoms with van der Waals surface area (Å²) in [5.74, 6) is 1.45. The molecule has 2 aliphatic carbocycles. The van der Waals surface area contributed by atoms with Gasteiger partial charge in [0.25, 0.3) is 0 Å². The minimum Gasteiger partial charge on any atom is -0.338 e. The van der Waals surface area contributed by atoms with E-state index < -0.39 is 0 Å². The number of aryl methyl sites for hydroxylation is 2. The van der Waals surface area contributed by atoms with Crippen LogP contribution in [-0.4, -0.2) is 35.7 Å². The van der Waals surface area contributed by atoms with Gasteiger partial charge in [0.05, 0.1) is 17.6 Å². The van der Waals surface area contributed by atoms with Crippen molar-refractivity contribution in [2.24, 2.45) is 7.05 Å². The second-order valence-electron chi connectivity index (χ2n) is 10.3. The monoisotopic (exact) mass is 483 g/mol. The van der Waals surface area contributed by atoms with Gasteiger partial charge < -0.3 is 9.84 Å². The van der Waals surface area contributed by atoms with Crippen LogP contribution in [0.15, 0.2) is 47.4 Å². The van der Waals surface area contributed by atoms with Crippen molar-refractivity contribution in [2.45, 2.75) is 63.2 Å². The average Bonchev–Trinajstić information content (AvgIpc) is 3.28. The van der Waals surface area contributed by atoms with Gasteiger partial charge in [-0.25, -0.2) is 9.97 Å². The highest BCUT2D eigenvalue weighted by molar-refractivity contribution is 5.93. The Kier molecular flexibility index (Phi) is 5.62. The van der Waals surface area contributed by atoms with Crippen molar-refractivity contribution in [2.75, 3.05) is 5.32 Å². The summed E-state index contributed by atoms with van der Waals surface area (Å²) in [6, 6.07) is 8.39. The lowest BCUT2D eigenvalue weighted by Crippen LogP contribution is -2.10. The van der Waals surface area contributed by atoms with Crippen molar-refractivity contribution >= 4 is 17.4 Å². The van der Waals surface area contributed by atoms with Gasteiger partial charge in [-0.05, 0) is 61.3 Å². The second-order valence-corrected chi connectivity index (χ2v) is 10.3. The lowest BCUT2D eigenvalue weighted by Gasteiger charge is -2.17. The maximum Gasteiger partial charge on any atom is 0.238 e. The normalized spacial score (nSPS) is 18.3. The first-order valence-corrected chi connectivity index (χ1v) is 12.6. The molecule has 0 bridgehead atoms. The van der Waals surface area contributed by atoms with E-state index in [-0.39, 0.29) is 22.9 Å². The Labute approximate surface area is 209 Å². The lowest BCUT2D eigenvalue weighted by molar-refractivity contribution is 0.0959. The molecule has 6 rings (SSSR count). The molecular formula is C27H29N7O2. The molecule has 0 saturated heterocycles. The molecule has 0 unspecified atom stereocenters. The molecule has 0 radical (unpaired) electrons. The molecule has 0 spiro atoms. The highest BCUT2D eigenvalue weighted by Gasteiger charge is 2.45. The zero-order valence-electron chi connectivity index (χ0n) is 20.6. The molecule has 1 saturated carbocycles. The number of fused-ring (bicyclic) bond motifs is 1. The molecule has 9 heteroatoms. The van der Waals surface area contributed by atoms with E-state index in [4.69, 9.17) is 9.51 Å². The summed E-state index contributed by atoms with van der Waals surface area (Å²) in [6.45, 7) is 2.10. The van der Waals surface area contributed by atoms with Crippen molar-refractivity contribution in [1.82, 2.24) is 29.9 Å². The van der Waals surface area contributed by atoms with E-state index in [9.17, 15) is 4.79 Å². The van der Waals surface area contributed by atoms with E-state index >= 15 is 0 Å². The van der Waals surface area contributed by atoms with Gasteiger partial charge in [-0.15, -0.1) is 0 Å². The predicted octanol–water partition coefficient (Wildman–Crippen LogP) is 5.14. The highest BCUT2D eigenvalue weighted by atomic mass is 16.5. The van der Waals surface area contributed by atoms with Crippen LogP contribution in [-0.2, 0) is 18.9 Å². The molecule has 2 aliphatic rings. The number of ketones is 1. The Morgan fingerprint density at radius 3 is 2.92 bits per heavy atom. The smallest absolute Gasteiger partial charge is 0.238 e. The molecule has 1 fully saturated rings. The minimum absolute atomic E-state index is 0.0365. The summed E-state index contributed by atoms with van der Waals surface area (Å²) in [4.78, 5) is 26.6. The van der Waals surface area contributed by atoms with Gasteiger partial charge in [0.15, 0.2) is 0 Å². The van der Waals surface area contributed by atoms with E-state index in [1.165, 1.54) is 11.1 Å². The SMILES string of the molecule is Cn1cc(Nc2nccc(-c3ccc4c(c3)CCCC[C@H]4CC(=O)c3noc(C4(C)CC4)n3)n2)cn1. The second kappa shape index (κ2) is 8.96. The predicted molar refractivity (Wildman–Crippen MR) is 134 cm³/mol. The van der Waals surface area contributed by atoms with Gasteiger partial charge in [0.1, 0.15) is 0 Å². The van der Waals surface area contributed by atoms with E-state index in [2.05, 4.69) is 50.7 Å². The van der Waals surface area contributed by atoms with Crippen LogP contribution in [0, 0.1) is 0 Å². The van der Waals surface area contributed by atoms with Crippen LogP contribution in [0.4, 0.5) is 11.6 Å². The first kappa shape index (κ1) is 22.6. The third-order valence-electron chi connectivity index (χ3n) is 7.37. The topological polar surface area (TPSA) is 112 Å². The number of nitrogens with one attached hydrogen (secondary N) is 1. The molecule has 0 aliphatic heterocycles. The standard InChI is InChI=1S/C27H29N7O2/c1-27(10-11-27)25-32-24(33-36-25)23(35)14-18-6-4-3-5-17-13-19(7-8-21(17)18)22-9-12-28-26(31-22)30-20-15-29-34(2)16-20/h7-9,12-13,15-16,18H,3-6,10-11,14H2,1-2H3,(H,28,30,31)/t18-/m0/s1. The van der Waals surface area contributed by atoms with Gasteiger partial charge in [-0.1, -0.05) is 30.6 Å². The van der Waals surface area contributed by atoms with Crippen molar-refractivity contribution in [3.63, 3.8) is 0 Å².